The minimum Gasteiger partial charge on any atom is -0.394 e. The number of nitro groups is 1. The number of aromatic nitrogens is 2. The highest BCUT2D eigenvalue weighted by Gasteiger charge is 2.45. The van der Waals surface area contributed by atoms with Crippen molar-refractivity contribution in [1.29, 1.82) is 0 Å². The Morgan fingerprint density at radius 3 is 2.71 bits per heavy atom. The summed E-state index contributed by atoms with van der Waals surface area (Å²) in [5.41, 5.74) is 0. The van der Waals surface area contributed by atoms with Crippen LogP contribution in [0.1, 0.15) is 6.23 Å². The van der Waals surface area contributed by atoms with Gasteiger partial charge in [-0.05, 0) is 4.92 Å². The average Bonchev–Trinajstić information content (AvgIpc) is 2.87. The largest absolute Gasteiger partial charge is 0.394 e. The van der Waals surface area contributed by atoms with Gasteiger partial charge in [0.25, 0.3) is 0 Å². The van der Waals surface area contributed by atoms with Crippen LogP contribution < -0.4 is 0 Å². The number of hydrogen-bond acceptors (Lipinski definition) is 7. The van der Waals surface area contributed by atoms with Crippen molar-refractivity contribution in [3.8, 4) is 0 Å². The van der Waals surface area contributed by atoms with Crippen molar-refractivity contribution in [2.75, 3.05) is 6.61 Å². The first-order valence-electron chi connectivity index (χ1n) is 4.86. The minimum absolute atomic E-state index is 0.386. The second-order valence-corrected chi connectivity index (χ2v) is 3.64. The number of rotatable bonds is 3. The van der Waals surface area contributed by atoms with Crippen LogP contribution in [0.3, 0.4) is 0 Å². The highest BCUT2D eigenvalue weighted by atomic mass is 16.6. The van der Waals surface area contributed by atoms with E-state index in [1.54, 1.807) is 0 Å². The van der Waals surface area contributed by atoms with E-state index in [1.165, 1.54) is 6.20 Å². The summed E-state index contributed by atoms with van der Waals surface area (Å²) in [6.45, 7) is -0.460. The Balaban J connectivity index is 2.19. The van der Waals surface area contributed by atoms with Gasteiger partial charge in [-0.3, -0.25) is 0 Å². The first-order valence-corrected chi connectivity index (χ1v) is 4.86. The molecule has 3 N–H and O–H groups in total. The van der Waals surface area contributed by atoms with Crippen LogP contribution >= 0.6 is 0 Å². The van der Waals surface area contributed by atoms with Crippen molar-refractivity contribution in [3.63, 3.8) is 0 Å². The standard InChI is InChI=1S/C8H11N3O6/c12-3-4-6(13)7(14)8(17-4)10-2-1-5(9-10)11(15)16/h1-2,4,6-8,12-14H,3H2/t4-,6-,7-,8?/m1/s1. The van der Waals surface area contributed by atoms with Gasteiger partial charge in [-0.15, -0.1) is 4.68 Å². The van der Waals surface area contributed by atoms with E-state index in [0.717, 1.165) is 10.7 Å². The zero-order valence-electron chi connectivity index (χ0n) is 8.58. The lowest BCUT2D eigenvalue weighted by molar-refractivity contribution is -0.390. The summed E-state index contributed by atoms with van der Waals surface area (Å²) < 4.78 is 6.19. The van der Waals surface area contributed by atoms with Gasteiger partial charge in [0.05, 0.1) is 24.0 Å². The third-order valence-corrected chi connectivity index (χ3v) is 2.56. The number of aliphatic hydroxyl groups is 3. The van der Waals surface area contributed by atoms with Crippen molar-refractivity contribution in [1.82, 2.24) is 9.78 Å². The average molecular weight is 245 g/mol. The molecule has 2 heterocycles. The maximum Gasteiger partial charge on any atom is 0.390 e. The fourth-order valence-electron chi connectivity index (χ4n) is 1.67. The molecular formula is C8H11N3O6. The molecule has 2 rings (SSSR count). The summed E-state index contributed by atoms with van der Waals surface area (Å²) in [6.07, 6.45) is -3.27. The van der Waals surface area contributed by atoms with E-state index in [0.29, 0.717) is 0 Å². The highest BCUT2D eigenvalue weighted by molar-refractivity contribution is 5.14. The molecule has 0 aliphatic carbocycles. The zero-order chi connectivity index (χ0) is 12.6. The van der Waals surface area contributed by atoms with Gasteiger partial charge >= 0.3 is 5.82 Å². The van der Waals surface area contributed by atoms with Gasteiger partial charge in [0.2, 0.25) is 0 Å². The fourth-order valence-corrected chi connectivity index (χ4v) is 1.67. The molecule has 1 aliphatic heterocycles. The van der Waals surface area contributed by atoms with Crippen LogP contribution in [0.15, 0.2) is 12.3 Å². The van der Waals surface area contributed by atoms with E-state index in [-0.39, 0.29) is 5.82 Å². The Bertz CT molecular complexity index is 421. The molecule has 9 heteroatoms. The van der Waals surface area contributed by atoms with E-state index in [2.05, 4.69) is 5.10 Å². The Labute approximate surface area is 95.0 Å². The molecule has 0 saturated carbocycles. The predicted molar refractivity (Wildman–Crippen MR) is 51.9 cm³/mol. The fraction of sp³-hybridized carbons (Fsp3) is 0.625. The summed E-state index contributed by atoms with van der Waals surface area (Å²) in [7, 11) is 0. The van der Waals surface area contributed by atoms with Crippen LogP contribution in [0.25, 0.3) is 0 Å². The Morgan fingerprint density at radius 1 is 1.53 bits per heavy atom. The third kappa shape index (κ3) is 2.00. The van der Waals surface area contributed by atoms with Crippen LogP contribution in [0.2, 0.25) is 0 Å². The van der Waals surface area contributed by atoms with Gasteiger partial charge in [-0.2, -0.15) is 0 Å². The smallest absolute Gasteiger partial charge is 0.390 e. The second-order valence-electron chi connectivity index (χ2n) is 3.64. The molecule has 0 spiro atoms. The lowest BCUT2D eigenvalue weighted by atomic mass is 10.1. The zero-order valence-corrected chi connectivity index (χ0v) is 8.58. The Kier molecular flexibility index (Phi) is 3.07. The van der Waals surface area contributed by atoms with Gasteiger partial charge in [0, 0.05) is 0 Å². The van der Waals surface area contributed by atoms with Crippen molar-refractivity contribution in [3.05, 3.63) is 22.4 Å². The van der Waals surface area contributed by atoms with Gasteiger partial charge in [0.15, 0.2) is 6.23 Å². The summed E-state index contributed by atoms with van der Waals surface area (Å²) in [4.78, 5) is 9.75. The first-order chi connectivity index (χ1) is 8.04. The number of ether oxygens (including phenoxy) is 1. The molecule has 17 heavy (non-hydrogen) atoms. The van der Waals surface area contributed by atoms with Crippen molar-refractivity contribution in [2.24, 2.45) is 0 Å². The molecule has 4 atom stereocenters. The predicted octanol–water partition coefficient (Wildman–Crippen LogP) is -1.60. The van der Waals surface area contributed by atoms with Crippen molar-refractivity contribution < 1.29 is 25.0 Å². The Hall–Kier alpha value is -1.55. The molecule has 0 bridgehead atoms. The molecular weight excluding hydrogens is 234 g/mol. The van der Waals surface area contributed by atoms with Crippen LogP contribution in [0.5, 0.6) is 0 Å². The van der Waals surface area contributed by atoms with E-state index < -0.39 is 36.1 Å². The summed E-state index contributed by atoms with van der Waals surface area (Å²) in [5, 5.41) is 42.0. The molecule has 9 nitrogen and oxygen atoms in total. The molecule has 0 radical (unpaired) electrons. The molecule has 1 aliphatic rings. The van der Waals surface area contributed by atoms with E-state index in [1.807, 2.05) is 0 Å². The maximum atomic E-state index is 10.4. The molecule has 1 aromatic heterocycles. The van der Waals surface area contributed by atoms with E-state index in [9.17, 15) is 20.3 Å². The van der Waals surface area contributed by atoms with Crippen LogP contribution in [-0.2, 0) is 4.74 Å². The third-order valence-electron chi connectivity index (χ3n) is 2.56. The molecule has 0 aromatic carbocycles. The van der Waals surface area contributed by atoms with Crippen LogP contribution in [-0.4, -0.2) is 54.9 Å². The number of aliphatic hydroxyl groups excluding tert-OH is 3. The summed E-state index contributed by atoms with van der Waals surface area (Å²) >= 11 is 0. The van der Waals surface area contributed by atoms with Gasteiger partial charge in [-0.1, -0.05) is 0 Å². The van der Waals surface area contributed by atoms with Crippen molar-refractivity contribution in [2.45, 2.75) is 24.5 Å². The highest BCUT2D eigenvalue weighted by Crippen LogP contribution is 2.29. The van der Waals surface area contributed by atoms with Crippen LogP contribution in [0.4, 0.5) is 5.82 Å². The SMILES string of the molecule is O=[N+]([O-])c1ccn(C2O[C@H](CO)[C@@H](O)[C@H]2O)n1. The Morgan fingerprint density at radius 2 is 2.24 bits per heavy atom. The quantitative estimate of drug-likeness (QED) is 0.431. The molecule has 1 fully saturated rings. The first kappa shape index (κ1) is 11.9. The molecule has 1 saturated heterocycles. The molecule has 94 valence electrons. The van der Waals surface area contributed by atoms with E-state index >= 15 is 0 Å². The molecule has 1 aromatic rings. The topological polar surface area (TPSA) is 131 Å². The van der Waals surface area contributed by atoms with Gasteiger partial charge < -0.3 is 30.2 Å². The molecule has 1 unspecified atom stereocenters. The summed E-state index contributed by atoms with van der Waals surface area (Å²) in [6, 6.07) is 1.15. The summed E-state index contributed by atoms with van der Waals surface area (Å²) in [5.74, 6) is -0.386. The van der Waals surface area contributed by atoms with Gasteiger partial charge in [-0.25, -0.2) is 0 Å². The number of nitrogens with zero attached hydrogens (tertiary/aromatic N) is 3. The monoisotopic (exact) mass is 245 g/mol. The minimum atomic E-state index is -1.30. The molecule has 0 amide bonds. The van der Waals surface area contributed by atoms with Crippen molar-refractivity contribution >= 4 is 5.82 Å². The maximum absolute atomic E-state index is 10.4. The number of hydrogen-bond donors (Lipinski definition) is 3. The normalized spacial score (nSPS) is 32.9. The lowest BCUT2D eigenvalue weighted by Crippen LogP contribution is -2.33. The second kappa shape index (κ2) is 4.37. The van der Waals surface area contributed by atoms with E-state index in [4.69, 9.17) is 9.84 Å². The lowest BCUT2D eigenvalue weighted by Gasteiger charge is -2.11. The van der Waals surface area contributed by atoms with Gasteiger partial charge in [0.1, 0.15) is 18.3 Å². The van der Waals surface area contributed by atoms with Crippen LogP contribution in [0, 0.1) is 10.1 Å².